The van der Waals surface area contributed by atoms with Crippen LogP contribution in [0.25, 0.3) is 0 Å². The van der Waals surface area contributed by atoms with Gasteiger partial charge in [0.2, 0.25) is 0 Å². The number of esters is 1. The molecule has 0 saturated carbocycles. The van der Waals surface area contributed by atoms with E-state index in [1.807, 2.05) is 39.8 Å². The van der Waals surface area contributed by atoms with Crippen molar-refractivity contribution in [1.29, 1.82) is 0 Å². The van der Waals surface area contributed by atoms with E-state index >= 15 is 0 Å². The first-order chi connectivity index (χ1) is 7.56. The van der Waals surface area contributed by atoms with Gasteiger partial charge in [-0.05, 0) is 49.9 Å². The maximum atomic E-state index is 11.8. The van der Waals surface area contributed by atoms with Crippen LogP contribution in [-0.2, 0) is 4.79 Å². The smallest absolute Gasteiger partial charge is 0.314 e. The van der Waals surface area contributed by atoms with Crippen molar-refractivity contribution in [2.45, 2.75) is 40.5 Å². The molecular formula is C14H20O2. The van der Waals surface area contributed by atoms with E-state index in [1.54, 1.807) is 0 Å². The molecule has 0 atom stereocenters. The lowest BCUT2D eigenvalue weighted by molar-refractivity contribution is -0.139. The lowest BCUT2D eigenvalue weighted by Crippen LogP contribution is -2.19. The van der Waals surface area contributed by atoms with Gasteiger partial charge in [-0.25, -0.2) is 0 Å². The molecule has 0 N–H and O–H groups in total. The number of aryl methyl sites for hydroxylation is 2. The molecule has 0 heterocycles. The van der Waals surface area contributed by atoms with Gasteiger partial charge in [0.15, 0.2) is 0 Å². The summed E-state index contributed by atoms with van der Waals surface area (Å²) in [6.07, 6.45) is 1.67. The quantitative estimate of drug-likeness (QED) is 0.572. The molecule has 2 heteroatoms. The Morgan fingerprint density at radius 1 is 1.12 bits per heavy atom. The maximum absolute atomic E-state index is 11.8. The number of hydrogen-bond donors (Lipinski definition) is 0. The zero-order valence-electron chi connectivity index (χ0n) is 10.5. The Labute approximate surface area is 97.6 Å². The molecule has 0 unspecified atom stereocenters. The van der Waals surface area contributed by atoms with E-state index in [0.717, 1.165) is 24.0 Å². The fourth-order valence-corrected chi connectivity index (χ4v) is 1.81. The van der Waals surface area contributed by atoms with Crippen molar-refractivity contribution in [1.82, 2.24) is 0 Å². The summed E-state index contributed by atoms with van der Waals surface area (Å²) in [5.74, 6) is 0.560. The predicted octanol–water partition coefficient (Wildman–Crippen LogP) is 3.65. The summed E-state index contributed by atoms with van der Waals surface area (Å²) in [6.45, 7) is 8.02. The van der Waals surface area contributed by atoms with Gasteiger partial charge in [0, 0.05) is 0 Å². The van der Waals surface area contributed by atoms with Crippen LogP contribution in [0.15, 0.2) is 18.2 Å². The van der Waals surface area contributed by atoms with Crippen LogP contribution in [0.2, 0.25) is 0 Å². The van der Waals surface area contributed by atoms with Gasteiger partial charge in [0.1, 0.15) is 5.75 Å². The molecule has 88 valence electrons. The third-order valence-corrected chi connectivity index (χ3v) is 2.73. The SMILES string of the molecule is CCC(CC)C(=O)Oc1cc(C)cc(C)c1. The van der Waals surface area contributed by atoms with Gasteiger partial charge < -0.3 is 4.74 Å². The molecule has 0 aliphatic rings. The fourth-order valence-electron chi connectivity index (χ4n) is 1.81. The van der Waals surface area contributed by atoms with Gasteiger partial charge in [-0.1, -0.05) is 19.9 Å². The number of carbonyl (C=O) groups is 1. The van der Waals surface area contributed by atoms with Crippen molar-refractivity contribution in [3.63, 3.8) is 0 Å². The van der Waals surface area contributed by atoms with E-state index in [2.05, 4.69) is 6.07 Å². The minimum Gasteiger partial charge on any atom is -0.426 e. The summed E-state index contributed by atoms with van der Waals surface area (Å²) in [7, 11) is 0. The predicted molar refractivity (Wildman–Crippen MR) is 65.6 cm³/mol. The van der Waals surface area contributed by atoms with Crippen molar-refractivity contribution in [2.75, 3.05) is 0 Å². The number of rotatable bonds is 4. The first-order valence-corrected chi connectivity index (χ1v) is 5.86. The van der Waals surface area contributed by atoms with E-state index in [0.29, 0.717) is 5.75 Å². The summed E-state index contributed by atoms with van der Waals surface area (Å²) < 4.78 is 5.38. The van der Waals surface area contributed by atoms with E-state index in [4.69, 9.17) is 4.74 Å². The number of carbonyl (C=O) groups excluding carboxylic acids is 1. The summed E-state index contributed by atoms with van der Waals surface area (Å²) >= 11 is 0. The molecule has 0 bridgehead atoms. The Kier molecular flexibility index (Phi) is 4.53. The highest BCUT2D eigenvalue weighted by molar-refractivity contribution is 5.75. The van der Waals surface area contributed by atoms with Crippen LogP contribution < -0.4 is 4.74 Å². The Balaban J connectivity index is 2.76. The average molecular weight is 220 g/mol. The highest BCUT2D eigenvalue weighted by Gasteiger charge is 2.16. The first kappa shape index (κ1) is 12.8. The van der Waals surface area contributed by atoms with Crippen LogP contribution in [0, 0.1) is 19.8 Å². The molecular weight excluding hydrogens is 200 g/mol. The van der Waals surface area contributed by atoms with Gasteiger partial charge in [-0.15, -0.1) is 0 Å². The third kappa shape index (κ3) is 3.37. The summed E-state index contributed by atoms with van der Waals surface area (Å²) in [5, 5.41) is 0. The topological polar surface area (TPSA) is 26.3 Å². The van der Waals surface area contributed by atoms with Gasteiger partial charge in [-0.2, -0.15) is 0 Å². The standard InChI is InChI=1S/C14H20O2/c1-5-12(6-2)14(15)16-13-8-10(3)7-11(4)9-13/h7-9,12H,5-6H2,1-4H3. The minimum atomic E-state index is -0.116. The number of benzene rings is 1. The number of hydrogen-bond acceptors (Lipinski definition) is 2. The van der Waals surface area contributed by atoms with E-state index in [-0.39, 0.29) is 11.9 Å². The summed E-state index contributed by atoms with van der Waals surface area (Å²) in [6, 6.07) is 5.86. The van der Waals surface area contributed by atoms with Gasteiger partial charge in [-0.3, -0.25) is 4.79 Å². The second kappa shape index (κ2) is 5.69. The summed E-state index contributed by atoms with van der Waals surface area (Å²) in [5.41, 5.74) is 2.24. The highest BCUT2D eigenvalue weighted by atomic mass is 16.5. The molecule has 0 aromatic heterocycles. The Morgan fingerprint density at radius 2 is 1.62 bits per heavy atom. The molecule has 0 amide bonds. The third-order valence-electron chi connectivity index (χ3n) is 2.73. The minimum absolute atomic E-state index is 0.0146. The van der Waals surface area contributed by atoms with Crippen LogP contribution >= 0.6 is 0 Å². The maximum Gasteiger partial charge on any atom is 0.314 e. The molecule has 0 radical (unpaired) electrons. The highest BCUT2D eigenvalue weighted by Crippen LogP contribution is 2.19. The molecule has 1 aromatic carbocycles. The lowest BCUT2D eigenvalue weighted by Gasteiger charge is -2.12. The molecule has 0 aliphatic carbocycles. The molecule has 0 fully saturated rings. The average Bonchev–Trinajstić information content (AvgIpc) is 2.17. The molecule has 16 heavy (non-hydrogen) atoms. The Bertz CT molecular complexity index is 345. The lowest BCUT2D eigenvalue weighted by atomic mass is 10.0. The van der Waals surface area contributed by atoms with Crippen LogP contribution in [0.1, 0.15) is 37.8 Å². The van der Waals surface area contributed by atoms with E-state index < -0.39 is 0 Å². The van der Waals surface area contributed by atoms with Crippen molar-refractivity contribution in [3.8, 4) is 5.75 Å². The summed E-state index contributed by atoms with van der Waals surface area (Å²) in [4.78, 5) is 11.8. The van der Waals surface area contributed by atoms with Crippen molar-refractivity contribution in [2.24, 2.45) is 5.92 Å². The van der Waals surface area contributed by atoms with Gasteiger partial charge in [0.05, 0.1) is 5.92 Å². The molecule has 0 aliphatic heterocycles. The Morgan fingerprint density at radius 3 is 2.06 bits per heavy atom. The first-order valence-electron chi connectivity index (χ1n) is 5.86. The fraction of sp³-hybridized carbons (Fsp3) is 0.500. The van der Waals surface area contributed by atoms with Gasteiger partial charge >= 0.3 is 5.97 Å². The largest absolute Gasteiger partial charge is 0.426 e. The molecule has 1 aromatic rings. The van der Waals surface area contributed by atoms with Crippen LogP contribution in [-0.4, -0.2) is 5.97 Å². The second-order valence-electron chi connectivity index (χ2n) is 4.26. The van der Waals surface area contributed by atoms with E-state index in [1.165, 1.54) is 0 Å². The van der Waals surface area contributed by atoms with Crippen molar-refractivity contribution in [3.05, 3.63) is 29.3 Å². The second-order valence-corrected chi connectivity index (χ2v) is 4.26. The van der Waals surface area contributed by atoms with E-state index in [9.17, 15) is 4.79 Å². The zero-order chi connectivity index (χ0) is 12.1. The molecule has 0 saturated heterocycles. The van der Waals surface area contributed by atoms with Crippen LogP contribution in [0.4, 0.5) is 0 Å². The zero-order valence-corrected chi connectivity index (χ0v) is 10.5. The monoisotopic (exact) mass is 220 g/mol. The normalized spacial score (nSPS) is 10.6. The van der Waals surface area contributed by atoms with Crippen molar-refractivity contribution >= 4 is 5.97 Å². The van der Waals surface area contributed by atoms with Crippen LogP contribution in [0.3, 0.4) is 0 Å². The van der Waals surface area contributed by atoms with Crippen molar-refractivity contribution < 1.29 is 9.53 Å². The Hall–Kier alpha value is -1.31. The number of ether oxygens (including phenoxy) is 1. The molecule has 1 rings (SSSR count). The van der Waals surface area contributed by atoms with Crippen LogP contribution in [0.5, 0.6) is 5.75 Å². The van der Waals surface area contributed by atoms with Gasteiger partial charge in [0.25, 0.3) is 0 Å². The molecule has 0 spiro atoms. The molecule has 2 nitrogen and oxygen atoms in total.